The van der Waals surface area contributed by atoms with E-state index in [2.05, 4.69) is 14.7 Å². The highest BCUT2D eigenvalue weighted by Gasteiger charge is 2.35. The molecule has 1 aromatic rings. The van der Waals surface area contributed by atoms with Crippen molar-refractivity contribution in [2.45, 2.75) is 43.7 Å². The van der Waals surface area contributed by atoms with Gasteiger partial charge in [-0.15, -0.1) is 0 Å². The number of rotatable bonds is 4. The Morgan fingerprint density at radius 1 is 1.32 bits per heavy atom. The molecule has 0 spiro atoms. The van der Waals surface area contributed by atoms with Crippen molar-refractivity contribution in [3.05, 3.63) is 11.4 Å². The van der Waals surface area contributed by atoms with Crippen LogP contribution in [-0.4, -0.2) is 49.3 Å². The highest BCUT2D eigenvalue weighted by molar-refractivity contribution is 7.89. The van der Waals surface area contributed by atoms with Crippen molar-refractivity contribution in [1.82, 2.24) is 19.4 Å². The first kappa shape index (κ1) is 14.5. The Balaban J connectivity index is 2.12. The molecule has 0 bridgehead atoms. The number of hydrogen-bond donors (Lipinski definition) is 1. The van der Waals surface area contributed by atoms with Crippen LogP contribution in [-0.2, 0) is 17.1 Å². The van der Waals surface area contributed by atoms with Gasteiger partial charge in [-0.3, -0.25) is 4.68 Å². The Morgan fingerprint density at radius 2 is 1.89 bits per heavy atom. The summed E-state index contributed by atoms with van der Waals surface area (Å²) in [7, 11) is 2.33. The summed E-state index contributed by atoms with van der Waals surface area (Å²) in [5.74, 6) is 0. The number of aromatic nitrogens is 2. The largest absolute Gasteiger partial charge is 0.306 e. The number of aryl methyl sites for hydroxylation is 2. The minimum absolute atomic E-state index is 0.0383. The van der Waals surface area contributed by atoms with E-state index in [0.29, 0.717) is 22.3 Å². The first-order chi connectivity index (χ1) is 8.72. The molecule has 1 saturated carbocycles. The van der Waals surface area contributed by atoms with Gasteiger partial charge in [-0.2, -0.15) is 5.10 Å². The summed E-state index contributed by atoms with van der Waals surface area (Å²) in [6, 6.07) is 0.514. The van der Waals surface area contributed by atoms with Crippen molar-refractivity contribution < 1.29 is 8.42 Å². The maximum Gasteiger partial charge on any atom is 0.244 e. The SMILES string of the molecule is Cc1nn(C)c(C)c1S(=O)(=O)NC1CC(N(C)C)C1. The average molecular weight is 286 g/mol. The second-order valence-corrected chi connectivity index (χ2v) is 7.18. The third-order valence-corrected chi connectivity index (χ3v) is 5.65. The van der Waals surface area contributed by atoms with Gasteiger partial charge >= 0.3 is 0 Å². The van der Waals surface area contributed by atoms with Crippen molar-refractivity contribution in [3.63, 3.8) is 0 Å². The van der Waals surface area contributed by atoms with E-state index in [1.807, 2.05) is 14.1 Å². The van der Waals surface area contributed by atoms with E-state index in [1.165, 1.54) is 0 Å². The molecule has 2 rings (SSSR count). The minimum Gasteiger partial charge on any atom is -0.306 e. The fourth-order valence-electron chi connectivity index (χ4n) is 2.53. The van der Waals surface area contributed by atoms with Gasteiger partial charge in [-0.1, -0.05) is 0 Å². The van der Waals surface area contributed by atoms with Crippen LogP contribution >= 0.6 is 0 Å². The van der Waals surface area contributed by atoms with Gasteiger partial charge in [0, 0.05) is 19.1 Å². The van der Waals surface area contributed by atoms with Crippen LogP contribution in [0.3, 0.4) is 0 Å². The summed E-state index contributed by atoms with van der Waals surface area (Å²) in [4.78, 5) is 2.45. The normalized spacial score (nSPS) is 23.7. The van der Waals surface area contributed by atoms with Crippen LogP contribution in [0.25, 0.3) is 0 Å². The quantitative estimate of drug-likeness (QED) is 0.870. The standard InChI is InChI=1S/C12H22N4O2S/c1-8-12(9(2)16(5)13-8)19(17,18)14-10-6-11(7-10)15(3)4/h10-11,14H,6-7H2,1-5H3. The molecule has 0 amide bonds. The lowest BCUT2D eigenvalue weighted by Crippen LogP contribution is -2.51. The molecule has 1 heterocycles. The summed E-state index contributed by atoms with van der Waals surface area (Å²) >= 11 is 0. The molecule has 0 aliphatic heterocycles. The molecule has 1 N–H and O–H groups in total. The van der Waals surface area contributed by atoms with Crippen LogP contribution in [0.15, 0.2) is 4.90 Å². The molecule has 1 aliphatic carbocycles. The first-order valence-corrected chi connectivity index (χ1v) is 7.89. The average Bonchev–Trinajstić information content (AvgIpc) is 2.46. The van der Waals surface area contributed by atoms with Gasteiger partial charge in [-0.25, -0.2) is 13.1 Å². The summed E-state index contributed by atoms with van der Waals surface area (Å²) in [5.41, 5.74) is 1.23. The van der Waals surface area contributed by atoms with Crippen LogP contribution in [0.5, 0.6) is 0 Å². The van der Waals surface area contributed by atoms with Crippen molar-refractivity contribution in [1.29, 1.82) is 0 Å². The van der Waals surface area contributed by atoms with E-state index in [4.69, 9.17) is 0 Å². The van der Waals surface area contributed by atoms with E-state index in [0.717, 1.165) is 12.8 Å². The molecule has 0 atom stereocenters. The van der Waals surface area contributed by atoms with Gasteiger partial charge in [0.1, 0.15) is 4.90 Å². The number of hydrogen-bond acceptors (Lipinski definition) is 4. The van der Waals surface area contributed by atoms with Crippen LogP contribution in [0.1, 0.15) is 24.2 Å². The Kier molecular flexibility index (Phi) is 3.72. The molecule has 108 valence electrons. The Morgan fingerprint density at radius 3 is 2.32 bits per heavy atom. The zero-order valence-electron chi connectivity index (χ0n) is 12.1. The molecule has 0 aromatic carbocycles. The summed E-state index contributed by atoms with van der Waals surface area (Å²) in [5, 5.41) is 4.16. The molecule has 0 radical (unpaired) electrons. The maximum atomic E-state index is 12.4. The summed E-state index contributed by atoms with van der Waals surface area (Å²) < 4.78 is 29.2. The Bertz CT molecular complexity index is 571. The first-order valence-electron chi connectivity index (χ1n) is 6.41. The fraction of sp³-hybridized carbons (Fsp3) is 0.750. The van der Waals surface area contributed by atoms with Crippen LogP contribution in [0.2, 0.25) is 0 Å². The van der Waals surface area contributed by atoms with Gasteiger partial charge in [0.05, 0.1) is 11.4 Å². The third-order valence-electron chi connectivity index (χ3n) is 3.88. The molecular formula is C12H22N4O2S. The third kappa shape index (κ3) is 2.68. The molecule has 1 aliphatic rings. The molecule has 7 heteroatoms. The van der Waals surface area contributed by atoms with Gasteiger partial charge < -0.3 is 4.90 Å². The molecule has 1 aromatic heterocycles. The van der Waals surface area contributed by atoms with Gasteiger partial charge in [0.2, 0.25) is 10.0 Å². The highest BCUT2D eigenvalue weighted by Crippen LogP contribution is 2.26. The van der Waals surface area contributed by atoms with Crippen molar-refractivity contribution in [3.8, 4) is 0 Å². The zero-order valence-corrected chi connectivity index (χ0v) is 13.0. The number of nitrogens with zero attached hydrogens (tertiary/aromatic N) is 3. The van der Waals surface area contributed by atoms with Gasteiger partial charge in [0.15, 0.2) is 0 Å². The van der Waals surface area contributed by atoms with E-state index >= 15 is 0 Å². The second-order valence-electron chi connectivity index (χ2n) is 5.53. The van der Waals surface area contributed by atoms with Gasteiger partial charge in [-0.05, 0) is 40.8 Å². The highest BCUT2D eigenvalue weighted by atomic mass is 32.2. The monoisotopic (exact) mass is 286 g/mol. The second kappa shape index (κ2) is 4.88. The van der Waals surface area contributed by atoms with E-state index in [1.54, 1.807) is 25.6 Å². The van der Waals surface area contributed by atoms with Crippen molar-refractivity contribution in [2.24, 2.45) is 7.05 Å². The number of nitrogens with one attached hydrogen (secondary N) is 1. The van der Waals surface area contributed by atoms with E-state index < -0.39 is 10.0 Å². The van der Waals surface area contributed by atoms with Crippen LogP contribution in [0.4, 0.5) is 0 Å². The predicted octanol–water partition coefficient (Wildman–Crippen LogP) is 0.408. The zero-order chi connectivity index (χ0) is 14.4. The Hall–Kier alpha value is -0.920. The number of sulfonamides is 1. The molecular weight excluding hydrogens is 264 g/mol. The maximum absolute atomic E-state index is 12.4. The van der Waals surface area contributed by atoms with Crippen LogP contribution < -0.4 is 4.72 Å². The minimum atomic E-state index is -3.46. The lowest BCUT2D eigenvalue weighted by Gasteiger charge is -2.39. The molecule has 6 nitrogen and oxygen atoms in total. The Labute approximate surface area is 114 Å². The van der Waals surface area contributed by atoms with E-state index in [9.17, 15) is 8.42 Å². The van der Waals surface area contributed by atoms with Crippen molar-refractivity contribution >= 4 is 10.0 Å². The molecule has 0 unspecified atom stereocenters. The molecule has 19 heavy (non-hydrogen) atoms. The topological polar surface area (TPSA) is 67.2 Å². The van der Waals surface area contributed by atoms with E-state index in [-0.39, 0.29) is 6.04 Å². The summed E-state index contributed by atoms with van der Waals surface area (Å²) in [6.45, 7) is 3.50. The van der Waals surface area contributed by atoms with Crippen molar-refractivity contribution in [2.75, 3.05) is 14.1 Å². The molecule has 0 saturated heterocycles. The smallest absolute Gasteiger partial charge is 0.244 e. The predicted molar refractivity (Wildman–Crippen MR) is 73.5 cm³/mol. The summed E-state index contributed by atoms with van der Waals surface area (Å²) in [6.07, 6.45) is 1.73. The molecule has 1 fully saturated rings. The lowest BCUT2D eigenvalue weighted by molar-refractivity contribution is 0.159. The van der Waals surface area contributed by atoms with Gasteiger partial charge in [0.25, 0.3) is 0 Å². The fourth-order valence-corrected chi connectivity index (χ4v) is 4.23. The van der Waals surface area contributed by atoms with Crippen LogP contribution in [0, 0.1) is 13.8 Å². The lowest BCUT2D eigenvalue weighted by atomic mass is 9.87.